The summed E-state index contributed by atoms with van der Waals surface area (Å²) in [4.78, 5) is 0. The molecule has 1 saturated carbocycles. The van der Waals surface area contributed by atoms with Crippen molar-refractivity contribution >= 4 is 10.8 Å². The van der Waals surface area contributed by atoms with Crippen molar-refractivity contribution < 1.29 is 5.11 Å². The monoisotopic (exact) mass is 240 g/mol. The van der Waals surface area contributed by atoms with Gasteiger partial charge >= 0.3 is 0 Å². The fraction of sp³-hybridized carbons (Fsp3) is 0.412. The predicted octanol–water partition coefficient (Wildman–Crippen LogP) is 4.08. The molecule has 2 aromatic carbocycles. The third-order valence-electron chi connectivity index (χ3n) is 4.13. The van der Waals surface area contributed by atoms with Gasteiger partial charge in [0.1, 0.15) is 0 Å². The second-order valence-corrected chi connectivity index (χ2v) is 5.64. The van der Waals surface area contributed by atoms with Crippen LogP contribution in [0.2, 0.25) is 0 Å². The van der Waals surface area contributed by atoms with Crippen LogP contribution < -0.4 is 0 Å². The smallest absolute Gasteiger partial charge is 0.0688 e. The lowest BCUT2D eigenvalue weighted by Gasteiger charge is -2.32. The summed E-state index contributed by atoms with van der Waals surface area (Å²) in [5.41, 5.74) is 0.804. The van der Waals surface area contributed by atoms with E-state index < -0.39 is 5.60 Å². The first-order valence-corrected chi connectivity index (χ1v) is 6.95. The average molecular weight is 240 g/mol. The SMILES string of the molecule is OC1(Cc2ccc3ccccc3c2)CCCCC1. The Kier molecular flexibility index (Phi) is 3.09. The standard InChI is InChI=1S/C17H20O/c18-17(10-4-1-5-11-17)13-14-8-9-15-6-2-3-7-16(15)12-14/h2-3,6-9,12,18H,1,4-5,10-11,13H2. The third kappa shape index (κ3) is 2.41. The Morgan fingerprint density at radius 1 is 0.889 bits per heavy atom. The zero-order chi connectivity index (χ0) is 12.4. The van der Waals surface area contributed by atoms with E-state index in [1.165, 1.54) is 35.6 Å². The highest BCUT2D eigenvalue weighted by Gasteiger charge is 2.29. The second kappa shape index (κ2) is 4.74. The first-order chi connectivity index (χ1) is 8.75. The van der Waals surface area contributed by atoms with E-state index in [-0.39, 0.29) is 0 Å². The number of benzene rings is 2. The molecule has 0 atom stereocenters. The topological polar surface area (TPSA) is 20.2 Å². The summed E-state index contributed by atoms with van der Waals surface area (Å²) in [7, 11) is 0. The molecule has 18 heavy (non-hydrogen) atoms. The minimum atomic E-state index is -0.458. The maximum Gasteiger partial charge on any atom is 0.0688 e. The maximum atomic E-state index is 10.6. The summed E-state index contributed by atoms with van der Waals surface area (Å²) in [5.74, 6) is 0. The van der Waals surface area contributed by atoms with Gasteiger partial charge in [-0.2, -0.15) is 0 Å². The summed E-state index contributed by atoms with van der Waals surface area (Å²) in [6.07, 6.45) is 6.34. The first-order valence-electron chi connectivity index (χ1n) is 6.95. The summed E-state index contributed by atoms with van der Waals surface area (Å²) in [5, 5.41) is 13.1. The summed E-state index contributed by atoms with van der Waals surface area (Å²) in [6, 6.07) is 15.0. The van der Waals surface area contributed by atoms with E-state index in [1.807, 2.05) is 0 Å². The lowest BCUT2D eigenvalue weighted by Crippen LogP contribution is -2.33. The second-order valence-electron chi connectivity index (χ2n) is 5.64. The van der Waals surface area contributed by atoms with Crippen LogP contribution in [0, 0.1) is 0 Å². The molecule has 1 nitrogen and oxygen atoms in total. The van der Waals surface area contributed by atoms with Gasteiger partial charge in [0.2, 0.25) is 0 Å². The van der Waals surface area contributed by atoms with Crippen LogP contribution in [-0.2, 0) is 6.42 Å². The Morgan fingerprint density at radius 2 is 1.61 bits per heavy atom. The lowest BCUT2D eigenvalue weighted by molar-refractivity contribution is 0.00452. The van der Waals surface area contributed by atoms with Gasteiger partial charge in [-0.1, -0.05) is 61.7 Å². The predicted molar refractivity (Wildman–Crippen MR) is 75.7 cm³/mol. The molecule has 1 heteroatoms. The van der Waals surface area contributed by atoms with Gasteiger partial charge in [0.05, 0.1) is 5.60 Å². The van der Waals surface area contributed by atoms with Crippen molar-refractivity contribution in [3.8, 4) is 0 Å². The van der Waals surface area contributed by atoms with Crippen molar-refractivity contribution in [2.24, 2.45) is 0 Å². The first kappa shape index (κ1) is 11.7. The molecule has 1 aliphatic carbocycles. The van der Waals surface area contributed by atoms with Gasteiger partial charge in [-0.25, -0.2) is 0 Å². The fourth-order valence-electron chi connectivity index (χ4n) is 3.12. The van der Waals surface area contributed by atoms with Crippen molar-refractivity contribution in [2.45, 2.75) is 44.1 Å². The normalized spacial score (nSPS) is 18.9. The van der Waals surface area contributed by atoms with E-state index in [0.717, 1.165) is 19.3 Å². The molecule has 0 aliphatic heterocycles. The maximum absolute atomic E-state index is 10.6. The Balaban J connectivity index is 1.85. The molecule has 0 unspecified atom stereocenters. The van der Waals surface area contributed by atoms with Crippen molar-refractivity contribution in [1.82, 2.24) is 0 Å². The van der Waals surface area contributed by atoms with Crippen molar-refractivity contribution in [3.63, 3.8) is 0 Å². The van der Waals surface area contributed by atoms with E-state index in [9.17, 15) is 5.11 Å². The molecule has 1 aliphatic rings. The van der Waals surface area contributed by atoms with Gasteiger partial charge in [-0.3, -0.25) is 0 Å². The van der Waals surface area contributed by atoms with E-state index in [1.54, 1.807) is 0 Å². The molecule has 2 aromatic rings. The van der Waals surface area contributed by atoms with Gasteiger partial charge in [0.15, 0.2) is 0 Å². The molecule has 0 radical (unpaired) electrons. The fourth-order valence-corrected chi connectivity index (χ4v) is 3.12. The van der Waals surface area contributed by atoms with Gasteiger partial charge < -0.3 is 5.11 Å². The molecule has 1 fully saturated rings. The summed E-state index contributed by atoms with van der Waals surface area (Å²) in [6.45, 7) is 0. The highest BCUT2D eigenvalue weighted by atomic mass is 16.3. The van der Waals surface area contributed by atoms with E-state index in [4.69, 9.17) is 0 Å². The number of hydrogen-bond donors (Lipinski definition) is 1. The molecule has 0 bridgehead atoms. The number of rotatable bonds is 2. The number of hydrogen-bond acceptors (Lipinski definition) is 1. The molecular formula is C17H20O. The van der Waals surface area contributed by atoms with Crippen LogP contribution in [0.25, 0.3) is 10.8 Å². The molecule has 1 N–H and O–H groups in total. The van der Waals surface area contributed by atoms with Crippen molar-refractivity contribution in [1.29, 1.82) is 0 Å². The van der Waals surface area contributed by atoms with Crippen LogP contribution in [0.15, 0.2) is 42.5 Å². The minimum Gasteiger partial charge on any atom is -0.390 e. The van der Waals surface area contributed by atoms with Gasteiger partial charge in [0, 0.05) is 6.42 Å². The molecule has 0 saturated heterocycles. The highest BCUT2D eigenvalue weighted by Crippen LogP contribution is 2.31. The Bertz CT molecular complexity index is 538. The Labute approximate surface area is 108 Å². The molecule has 0 heterocycles. The molecule has 94 valence electrons. The number of aliphatic hydroxyl groups is 1. The van der Waals surface area contributed by atoms with Crippen LogP contribution >= 0.6 is 0 Å². The zero-order valence-electron chi connectivity index (χ0n) is 10.7. The molecule has 3 rings (SSSR count). The third-order valence-corrected chi connectivity index (χ3v) is 4.13. The summed E-state index contributed by atoms with van der Waals surface area (Å²) >= 11 is 0. The lowest BCUT2D eigenvalue weighted by atomic mass is 9.80. The molecule has 0 spiro atoms. The Morgan fingerprint density at radius 3 is 2.39 bits per heavy atom. The van der Waals surface area contributed by atoms with Crippen molar-refractivity contribution in [3.05, 3.63) is 48.0 Å². The van der Waals surface area contributed by atoms with Crippen LogP contribution in [-0.4, -0.2) is 10.7 Å². The zero-order valence-corrected chi connectivity index (χ0v) is 10.7. The quantitative estimate of drug-likeness (QED) is 0.838. The van der Waals surface area contributed by atoms with E-state index in [0.29, 0.717) is 0 Å². The largest absolute Gasteiger partial charge is 0.390 e. The van der Waals surface area contributed by atoms with Crippen molar-refractivity contribution in [2.75, 3.05) is 0 Å². The van der Waals surface area contributed by atoms with E-state index in [2.05, 4.69) is 42.5 Å². The minimum absolute atomic E-state index is 0.458. The van der Waals surface area contributed by atoms with Gasteiger partial charge in [0.25, 0.3) is 0 Å². The van der Waals surface area contributed by atoms with E-state index >= 15 is 0 Å². The van der Waals surface area contributed by atoms with Crippen LogP contribution in [0.3, 0.4) is 0 Å². The number of fused-ring (bicyclic) bond motifs is 1. The molecule has 0 amide bonds. The Hall–Kier alpha value is -1.34. The highest BCUT2D eigenvalue weighted by molar-refractivity contribution is 5.83. The van der Waals surface area contributed by atoms with Gasteiger partial charge in [-0.05, 0) is 29.2 Å². The van der Waals surface area contributed by atoms with Crippen LogP contribution in [0.4, 0.5) is 0 Å². The van der Waals surface area contributed by atoms with Gasteiger partial charge in [-0.15, -0.1) is 0 Å². The van der Waals surface area contributed by atoms with Crippen LogP contribution in [0.1, 0.15) is 37.7 Å². The molecule has 0 aromatic heterocycles. The molecular weight excluding hydrogens is 220 g/mol. The summed E-state index contributed by atoms with van der Waals surface area (Å²) < 4.78 is 0. The van der Waals surface area contributed by atoms with Crippen LogP contribution in [0.5, 0.6) is 0 Å². The average Bonchev–Trinajstić information content (AvgIpc) is 2.39.